The minimum Gasteiger partial charge on any atom is -0.347 e. The van der Waals surface area contributed by atoms with Crippen molar-refractivity contribution in [1.82, 2.24) is 10.6 Å². The lowest BCUT2D eigenvalue weighted by atomic mass is 9.99. The lowest BCUT2D eigenvalue weighted by molar-refractivity contribution is -0.128. The van der Waals surface area contributed by atoms with Crippen LogP contribution < -0.4 is 10.6 Å². The average molecular weight is 284 g/mol. The van der Waals surface area contributed by atoms with Crippen molar-refractivity contribution in [2.45, 2.75) is 58.5 Å². The zero-order valence-electron chi connectivity index (χ0n) is 12.6. The van der Waals surface area contributed by atoms with Crippen molar-refractivity contribution in [3.05, 3.63) is 0 Å². The molecule has 1 amide bonds. The summed E-state index contributed by atoms with van der Waals surface area (Å²) in [7, 11) is 1.63. The summed E-state index contributed by atoms with van der Waals surface area (Å²) in [5, 5.41) is 5.33. The maximum absolute atomic E-state index is 11.8. The molecule has 2 N–H and O–H groups in total. The molecule has 0 radical (unpaired) electrons. The SMILES string of the molecule is CCC(=O)C(CCC(=O)CC(NC)C(C)=O)NC(C)=O. The minimum atomic E-state index is -0.619. The number of hydrogen-bond acceptors (Lipinski definition) is 5. The maximum atomic E-state index is 11.8. The molecule has 0 aliphatic carbocycles. The van der Waals surface area contributed by atoms with E-state index in [2.05, 4.69) is 10.6 Å². The van der Waals surface area contributed by atoms with Crippen molar-refractivity contribution in [3.8, 4) is 0 Å². The summed E-state index contributed by atoms with van der Waals surface area (Å²) in [6.45, 7) is 4.48. The van der Waals surface area contributed by atoms with Crippen LogP contribution in [0, 0.1) is 0 Å². The zero-order chi connectivity index (χ0) is 15.7. The molecule has 0 aromatic carbocycles. The fourth-order valence-electron chi connectivity index (χ4n) is 1.89. The molecule has 0 rings (SSSR count). The van der Waals surface area contributed by atoms with Crippen LogP contribution in [0.1, 0.15) is 46.5 Å². The van der Waals surface area contributed by atoms with E-state index in [0.717, 1.165) is 0 Å². The highest BCUT2D eigenvalue weighted by Crippen LogP contribution is 2.06. The van der Waals surface area contributed by atoms with Gasteiger partial charge in [0, 0.05) is 26.2 Å². The Hall–Kier alpha value is -1.56. The Balaban J connectivity index is 4.40. The molecular weight excluding hydrogens is 260 g/mol. The number of Topliss-reactive ketones (excluding diaryl/α,β-unsaturated/α-hetero) is 3. The number of ketones is 3. The topological polar surface area (TPSA) is 92.3 Å². The van der Waals surface area contributed by atoms with Crippen LogP contribution >= 0.6 is 0 Å². The van der Waals surface area contributed by atoms with Crippen LogP contribution in [0.4, 0.5) is 0 Å². The number of likely N-dealkylation sites (N-methyl/N-ethyl adjacent to an activating group) is 1. The quantitative estimate of drug-likeness (QED) is 0.605. The van der Waals surface area contributed by atoms with E-state index in [-0.39, 0.29) is 42.5 Å². The Morgan fingerprint density at radius 1 is 1.05 bits per heavy atom. The van der Waals surface area contributed by atoms with Gasteiger partial charge in [-0.2, -0.15) is 0 Å². The molecule has 0 aliphatic rings. The zero-order valence-corrected chi connectivity index (χ0v) is 12.6. The molecule has 6 nitrogen and oxygen atoms in total. The summed E-state index contributed by atoms with van der Waals surface area (Å²) >= 11 is 0. The fraction of sp³-hybridized carbons (Fsp3) is 0.714. The van der Waals surface area contributed by atoms with Crippen molar-refractivity contribution >= 4 is 23.3 Å². The van der Waals surface area contributed by atoms with Crippen molar-refractivity contribution in [1.29, 1.82) is 0 Å². The summed E-state index contributed by atoms with van der Waals surface area (Å²) in [6, 6.07) is -1.10. The summed E-state index contributed by atoms with van der Waals surface area (Å²) in [5.74, 6) is -0.575. The maximum Gasteiger partial charge on any atom is 0.217 e. The van der Waals surface area contributed by atoms with Gasteiger partial charge in [0.1, 0.15) is 11.6 Å². The van der Waals surface area contributed by atoms with E-state index >= 15 is 0 Å². The molecule has 20 heavy (non-hydrogen) atoms. The van der Waals surface area contributed by atoms with Gasteiger partial charge in [-0.25, -0.2) is 0 Å². The van der Waals surface area contributed by atoms with E-state index in [9.17, 15) is 19.2 Å². The van der Waals surface area contributed by atoms with E-state index in [1.165, 1.54) is 13.8 Å². The summed E-state index contributed by atoms with van der Waals surface area (Å²) in [4.78, 5) is 45.7. The molecule has 0 heterocycles. The van der Waals surface area contributed by atoms with Crippen LogP contribution in [0.2, 0.25) is 0 Å². The first-order valence-electron chi connectivity index (χ1n) is 6.81. The van der Waals surface area contributed by atoms with Gasteiger partial charge in [0.05, 0.1) is 12.1 Å². The highest BCUT2D eigenvalue weighted by atomic mass is 16.2. The molecule has 0 aliphatic heterocycles. The summed E-state index contributed by atoms with van der Waals surface area (Å²) in [6.07, 6.45) is 0.867. The van der Waals surface area contributed by atoms with Crippen LogP contribution in [-0.4, -0.2) is 42.4 Å². The lowest BCUT2D eigenvalue weighted by Crippen LogP contribution is -2.40. The molecule has 0 saturated heterocycles. The number of carbonyl (C=O) groups is 4. The highest BCUT2D eigenvalue weighted by molar-refractivity contribution is 5.91. The van der Waals surface area contributed by atoms with Crippen molar-refractivity contribution < 1.29 is 19.2 Å². The molecule has 6 heteroatoms. The Morgan fingerprint density at radius 2 is 1.65 bits per heavy atom. The van der Waals surface area contributed by atoms with Gasteiger partial charge in [-0.3, -0.25) is 19.2 Å². The number of hydrogen-bond donors (Lipinski definition) is 2. The molecule has 0 spiro atoms. The largest absolute Gasteiger partial charge is 0.347 e. The van der Waals surface area contributed by atoms with Crippen LogP contribution in [0.25, 0.3) is 0 Å². The predicted molar refractivity (Wildman–Crippen MR) is 75.3 cm³/mol. The Bertz CT molecular complexity index is 379. The molecule has 114 valence electrons. The van der Waals surface area contributed by atoms with E-state index in [1.807, 2.05) is 0 Å². The number of rotatable bonds is 10. The second kappa shape index (κ2) is 9.36. The molecule has 0 aromatic rings. The Kier molecular flexibility index (Phi) is 8.63. The third-order valence-electron chi connectivity index (χ3n) is 3.10. The van der Waals surface area contributed by atoms with Gasteiger partial charge in [0.25, 0.3) is 0 Å². The molecule has 0 bridgehead atoms. The van der Waals surface area contributed by atoms with Gasteiger partial charge >= 0.3 is 0 Å². The van der Waals surface area contributed by atoms with E-state index in [4.69, 9.17) is 0 Å². The van der Waals surface area contributed by atoms with Crippen molar-refractivity contribution in [3.63, 3.8) is 0 Å². The first-order valence-corrected chi connectivity index (χ1v) is 6.81. The Labute approximate surface area is 119 Å². The second-order valence-corrected chi connectivity index (χ2v) is 4.81. The van der Waals surface area contributed by atoms with Crippen LogP contribution in [0.5, 0.6) is 0 Å². The highest BCUT2D eigenvalue weighted by Gasteiger charge is 2.21. The van der Waals surface area contributed by atoms with Crippen LogP contribution in [0.3, 0.4) is 0 Å². The number of amides is 1. The summed E-state index contributed by atoms with van der Waals surface area (Å²) < 4.78 is 0. The lowest BCUT2D eigenvalue weighted by Gasteiger charge is -2.16. The van der Waals surface area contributed by atoms with Crippen molar-refractivity contribution in [2.75, 3.05) is 7.05 Å². The van der Waals surface area contributed by atoms with Gasteiger partial charge < -0.3 is 10.6 Å². The standard InChI is InChI=1S/C14H24N2O4/c1-5-14(20)12(16-10(3)18)7-6-11(19)8-13(15-4)9(2)17/h12-13,15H,5-8H2,1-4H3,(H,16,18). The molecule has 2 unspecified atom stereocenters. The summed E-state index contributed by atoms with van der Waals surface area (Å²) in [5.41, 5.74) is 0. The van der Waals surface area contributed by atoms with E-state index in [1.54, 1.807) is 14.0 Å². The molecule has 0 fully saturated rings. The minimum absolute atomic E-state index is 0.0928. The Morgan fingerprint density at radius 3 is 2.05 bits per heavy atom. The number of carbonyl (C=O) groups excluding carboxylic acids is 4. The monoisotopic (exact) mass is 284 g/mol. The third kappa shape index (κ3) is 7.13. The predicted octanol–water partition coefficient (Wildman–Crippen LogP) is 0.387. The third-order valence-corrected chi connectivity index (χ3v) is 3.10. The number of nitrogens with one attached hydrogen (secondary N) is 2. The molecule has 2 atom stereocenters. The first kappa shape index (κ1) is 18.4. The molecule has 0 aromatic heterocycles. The first-order chi connectivity index (χ1) is 9.31. The average Bonchev–Trinajstić information content (AvgIpc) is 2.38. The van der Waals surface area contributed by atoms with Gasteiger partial charge in [0.2, 0.25) is 5.91 Å². The van der Waals surface area contributed by atoms with Crippen molar-refractivity contribution in [2.24, 2.45) is 0 Å². The van der Waals surface area contributed by atoms with Gasteiger partial charge in [0.15, 0.2) is 5.78 Å². The fourth-order valence-corrected chi connectivity index (χ4v) is 1.89. The van der Waals surface area contributed by atoms with Crippen LogP contribution in [-0.2, 0) is 19.2 Å². The van der Waals surface area contributed by atoms with E-state index in [0.29, 0.717) is 6.42 Å². The van der Waals surface area contributed by atoms with Gasteiger partial charge in [-0.1, -0.05) is 6.92 Å². The molecule has 0 saturated carbocycles. The smallest absolute Gasteiger partial charge is 0.217 e. The molecular formula is C14H24N2O4. The van der Waals surface area contributed by atoms with Gasteiger partial charge in [-0.05, 0) is 20.4 Å². The normalized spacial score (nSPS) is 13.4. The van der Waals surface area contributed by atoms with Crippen LogP contribution in [0.15, 0.2) is 0 Å². The van der Waals surface area contributed by atoms with Gasteiger partial charge in [-0.15, -0.1) is 0 Å². The second-order valence-electron chi connectivity index (χ2n) is 4.81. The van der Waals surface area contributed by atoms with E-state index < -0.39 is 12.1 Å².